The summed E-state index contributed by atoms with van der Waals surface area (Å²) in [6, 6.07) is 4.51. The predicted octanol–water partition coefficient (Wildman–Crippen LogP) is 2.58. The molecule has 5 nitrogen and oxygen atoms in total. The second-order valence-corrected chi connectivity index (χ2v) is 5.21. The van der Waals surface area contributed by atoms with E-state index in [1.165, 1.54) is 12.1 Å². The van der Waals surface area contributed by atoms with Gasteiger partial charge < -0.3 is 15.2 Å². The van der Waals surface area contributed by atoms with Gasteiger partial charge in [0.2, 0.25) is 0 Å². The maximum absolute atomic E-state index is 11.7. The molecular formula is C14H18ClNO4. The van der Waals surface area contributed by atoms with E-state index < -0.39 is 5.97 Å². The number of halogens is 1. The normalized spacial score (nSPS) is 12.1. The summed E-state index contributed by atoms with van der Waals surface area (Å²) >= 11 is 5.80. The molecule has 1 aromatic carbocycles. The van der Waals surface area contributed by atoms with Crippen LogP contribution in [0.5, 0.6) is 5.75 Å². The Labute approximate surface area is 122 Å². The van der Waals surface area contributed by atoms with Gasteiger partial charge in [0.25, 0.3) is 5.91 Å². The summed E-state index contributed by atoms with van der Waals surface area (Å²) in [5.41, 5.74) is -0.140. The monoisotopic (exact) mass is 299 g/mol. The fourth-order valence-corrected chi connectivity index (χ4v) is 1.68. The molecule has 20 heavy (non-hydrogen) atoms. The van der Waals surface area contributed by atoms with Crippen molar-refractivity contribution in [2.75, 3.05) is 6.61 Å². The topological polar surface area (TPSA) is 75.6 Å². The van der Waals surface area contributed by atoms with Crippen LogP contribution < -0.4 is 10.1 Å². The molecule has 1 aromatic rings. The summed E-state index contributed by atoms with van der Waals surface area (Å²) in [5, 5.41) is 11.9. The number of carbonyl (C=O) groups is 2. The van der Waals surface area contributed by atoms with Crippen molar-refractivity contribution >= 4 is 23.5 Å². The highest BCUT2D eigenvalue weighted by Gasteiger charge is 2.17. The van der Waals surface area contributed by atoms with Crippen molar-refractivity contribution < 1.29 is 19.4 Å². The van der Waals surface area contributed by atoms with Crippen LogP contribution in [0.15, 0.2) is 18.2 Å². The highest BCUT2D eigenvalue weighted by molar-refractivity contribution is 6.33. The van der Waals surface area contributed by atoms with Crippen molar-refractivity contribution in [3.63, 3.8) is 0 Å². The van der Waals surface area contributed by atoms with E-state index in [9.17, 15) is 9.59 Å². The molecule has 2 N–H and O–H groups in total. The van der Waals surface area contributed by atoms with Crippen molar-refractivity contribution in [1.82, 2.24) is 5.32 Å². The van der Waals surface area contributed by atoms with E-state index in [-0.39, 0.29) is 34.9 Å². The predicted molar refractivity (Wildman–Crippen MR) is 76.3 cm³/mol. The van der Waals surface area contributed by atoms with Gasteiger partial charge >= 0.3 is 5.97 Å². The summed E-state index contributed by atoms with van der Waals surface area (Å²) < 4.78 is 5.24. The molecule has 0 aliphatic heterocycles. The van der Waals surface area contributed by atoms with Gasteiger partial charge in [-0.2, -0.15) is 0 Å². The van der Waals surface area contributed by atoms with Gasteiger partial charge in [0.1, 0.15) is 11.3 Å². The number of ether oxygens (including phenoxy) is 1. The number of rotatable bonds is 6. The first-order valence-corrected chi connectivity index (χ1v) is 6.64. The number of hydrogen-bond acceptors (Lipinski definition) is 3. The van der Waals surface area contributed by atoms with E-state index >= 15 is 0 Å². The number of carboxylic acids is 1. The molecule has 0 aliphatic carbocycles. The number of aromatic carboxylic acids is 1. The molecule has 0 radical (unpaired) electrons. The third kappa shape index (κ3) is 4.42. The first-order valence-electron chi connectivity index (χ1n) is 6.27. The Hall–Kier alpha value is -1.75. The number of benzene rings is 1. The summed E-state index contributed by atoms with van der Waals surface area (Å²) in [6.07, 6.45) is 0. The Morgan fingerprint density at radius 3 is 2.55 bits per heavy atom. The number of carbonyl (C=O) groups excluding carboxylic acids is 1. The largest absolute Gasteiger partial charge is 0.483 e. The second-order valence-electron chi connectivity index (χ2n) is 4.81. The lowest BCUT2D eigenvalue weighted by atomic mass is 10.1. The quantitative estimate of drug-likeness (QED) is 0.846. The Morgan fingerprint density at radius 2 is 2.00 bits per heavy atom. The fraction of sp³-hybridized carbons (Fsp3) is 0.429. The van der Waals surface area contributed by atoms with Crippen LogP contribution in [0.2, 0.25) is 5.02 Å². The van der Waals surface area contributed by atoms with Crippen molar-refractivity contribution in [2.45, 2.75) is 26.8 Å². The van der Waals surface area contributed by atoms with Crippen molar-refractivity contribution in [3.8, 4) is 5.75 Å². The van der Waals surface area contributed by atoms with Crippen LogP contribution >= 0.6 is 11.6 Å². The van der Waals surface area contributed by atoms with E-state index in [0.717, 1.165) is 0 Å². The molecule has 1 atom stereocenters. The van der Waals surface area contributed by atoms with Crippen LogP contribution in [0.3, 0.4) is 0 Å². The van der Waals surface area contributed by atoms with Gasteiger partial charge in [0, 0.05) is 6.04 Å². The average molecular weight is 300 g/mol. The maximum atomic E-state index is 11.7. The van der Waals surface area contributed by atoms with Gasteiger partial charge in [-0.05, 0) is 25.0 Å². The van der Waals surface area contributed by atoms with E-state index in [1.54, 1.807) is 6.07 Å². The first-order chi connectivity index (χ1) is 9.32. The highest BCUT2D eigenvalue weighted by Crippen LogP contribution is 2.26. The molecule has 0 bridgehead atoms. The molecule has 0 aliphatic rings. The summed E-state index contributed by atoms with van der Waals surface area (Å²) in [5.74, 6) is -1.11. The molecule has 0 spiro atoms. The van der Waals surface area contributed by atoms with Crippen molar-refractivity contribution in [1.29, 1.82) is 0 Å². The second kappa shape index (κ2) is 7.14. The van der Waals surface area contributed by atoms with Gasteiger partial charge in [0.15, 0.2) is 6.61 Å². The summed E-state index contributed by atoms with van der Waals surface area (Å²) in [6.45, 7) is 5.62. The number of hydrogen-bond donors (Lipinski definition) is 2. The van der Waals surface area contributed by atoms with Gasteiger partial charge in [-0.25, -0.2) is 4.79 Å². The lowest BCUT2D eigenvalue weighted by Crippen LogP contribution is -2.39. The third-order valence-electron chi connectivity index (χ3n) is 2.94. The highest BCUT2D eigenvalue weighted by atomic mass is 35.5. The van der Waals surface area contributed by atoms with Crippen LogP contribution in [-0.2, 0) is 4.79 Å². The zero-order valence-electron chi connectivity index (χ0n) is 11.6. The summed E-state index contributed by atoms with van der Waals surface area (Å²) in [4.78, 5) is 22.8. The third-order valence-corrected chi connectivity index (χ3v) is 3.25. The van der Waals surface area contributed by atoms with E-state index in [1.807, 2.05) is 20.8 Å². The number of nitrogens with one attached hydrogen (secondary N) is 1. The minimum absolute atomic E-state index is 0.0180. The van der Waals surface area contributed by atoms with E-state index in [0.29, 0.717) is 5.92 Å². The number of amides is 1. The molecular weight excluding hydrogens is 282 g/mol. The van der Waals surface area contributed by atoms with Crippen molar-refractivity contribution in [2.24, 2.45) is 5.92 Å². The number of carboxylic acid groups (broad SMARTS) is 1. The SMILES string of the molecule is CC(C)C(C)NC(=O)COc1cccc(Cl)c1C(=O)O. The van der Waals surface area contributed by atoms with Gasteiger partial charge in [-0.15, -0.1) is 0 Å². The lowest BCUT2D eigenvalue weighted by Gasteiger charge is -2.17. The Kier molecular flexibility index (Phi) is 5.82. The van der Waals surface area contributed by atoms with Crippen LogP contribution in [0, 0.1) is 5.92 Å². The minimum atomic E-state index is -1.19. The molecule has 1 unspecified atom stereocenters. The van der Waals surface area contributed by atoms with E-state index in [4.69, 9.17) is 21.4 Å². The standard InChI is InChI=1S/C14H18ClNO4/c1-8(2)9(3)16-12(17)7-20-11-6-4-5-10(15)13(11)14(18)19/h4-6,8-9H,7H2,1-3H3,(H,16,17)(H,18,19). The van der Waals surface area contributed by atoms with Crippen LogP contribution in [0.25, 0.3) is 0 Å². The molecule has 110 valence electrons. The summed E-state index contributed by atoms with van der Waals surface area (Å²) in [7, 11) is 0. The molecule has 0 aromatic heterocycles. The van der Waals surface area contributed by atoms with Crippen LogP contribution in [-0.4, -0.2) is 29.6 Å². The Bertz CT molecular complexity index is 502. The van der Waals surface area contributed by atoms with Crippen LogP contribution in [0.4, 0.5) is 0 Å². The zero-order valence-corrected chi connectivity index (χ0v) is 12.4. The fourth-order valence-electron chi connectivity index (χ4n) is 1.44. The molecule has 0 heterocycles. The molecule has 1 rings (SSSR count). The minimum Gasteiger partial charge on any atom is -0.483 e. The molecule has 0 saturated carbocycles. The van der Waals surface area contributed by atoms with Crippen LogP contribution in [0.1, 0.15) is 31.1 Å². The zero-order chi connectivity index (χ0) is 15.3. The smallest absolute Gasteiger partial charge is 0.341 e. The van der Waals surface area contributed by atoms with Gasteiger partial charge in [0.05, 0.1) is 5.02 Å². The average Bonchev–Trinajstić information content (AvgIpc) is 2.35. The Balaban J connectivity index is 2.69. The van der Waals surface area contributed by atoms with Gasteiger partial charge in [-0.1, -0.05) is 31.5 Å². The molecule has 0 fully saturated rings. The first kappa shape index (κ1) is 16.3. The molecule has 1 amide bonds. The van der Waals surface area contributed by atoms with Crippen molar-refractivity contribution in [3.05, 3.63) is 28.8 Å². The van der Waals surface area contributed by atoms with Gasteiger partial charge in [-0.3, -0.25) is 4.79 Å². The van der Waals surface area contributed by atoms with E-state index in [2.05, 4.69) is 5.32 Å². The lowest BCUT2D eigenvalue weighted by molar-refractivity contribution is -0.124. The maximum Gasteiger partial charge on any atom is 0.341 e. The Morgan fingerprint density at radius 1 is 1.35 bits per heavy atom. The molecule has 0 saturated heterocycles. The molecule has 6 heteroatoms.